The van der Waals surface area contributed by atoms with Crippen molar-refractivity contribution < 1.29 is 19.1 Å². The minimum atomic E-state index is -0.681. The van der Waals surface area contributed by atoms with E-state index in [0.717, 1.165) is 0 Å². The van der Waals surface area contributed by atoms with E-state index < -0.39 is 18.5 Å². The Balaban J connectivity index is 1.86. The molecule has 130 valence electrons. The predicted molar refractivity (Wildman–Crippen MR) is 95.5 cm³/mol. The Bertz CT molecular complexity index is 806. The van der Waals surface area contributed by atoms with E-state index in [9.17, 15) is 14.4 Å². The predicted octanol–water partition coefficient (Wildman–Crippen LogP) is 2.68. The van der Waals surface area contributed by atoms with Gasteiger partial charge in [0.15, 0.2) is 6.61 Å². The molecule has 0 spiro atoms. The van der Waals surface area contributed by atoms with E-state index in [1.54, 1.807) is 24.3 Å². The molecule has 0 saturated carbocycles. The van der Waals surface area contributed by atoms with Gasteiger partial charge in [0.05, 0.1) is 16.3 Å². The fraction of sp³-hybridized carbons (Fsp3) is 0.118. The van der Waals surface area contributed by atoms with E-state index in [1.165, 1.54) is 25.1 Å². The quantitative estimate of drug-likeness (QED) is 0.560. The molecule has 0 saturated heterocycles. The Morgan fingerprint density at radius 1 is 1.04 bits per heavy atom. The lowest BCUT2D eigenvalue weighted by molar-refractivity contribution is -0.119. The highest BCUT2D eigenvalue weighted by molar-refractivity contribution is 6.33. The molecule has 8 heteroatoms. The molecule has 2 aromatic rings. The second-order valence-electron chi connectivity index (χ2n) is 5.12. The Hall–Kier alpha value is -3.06. The first kappa shape index (κ1) is 18.3. The smallest absolute Gasteiger partial charge is 0.338 e. The Kier molecular flexibility index (Phi) is 5.97. The molecule has 0 heterocycles. The molecule has 0 fully saturated rings. The van der Waals surface area contributed by atoms with Gasteiger partial charge in [-0.25, -0.2) is 4.79 Å². The number of ether oxygens (including phenoxy) is 1. The summed E-state index contributed by atoms with van der Waals surface area (Å²) in [7, 11) is 0. The molecule has 0 aliphatic heterocycles. The van der Waals surface area contributed by atoms with Gasteiger partial charge in [0.1, 0.15) is 0 Å². The fourth-order valence-corrected chi connectivity index (χ4v) is 2.04. The summed E-state index contributed by atoms with van der Waals surface area (Å²) in [5, 5.41) is 5.52. The van der Waals surface area contributed by atoms with Crippen molar-refractivity contribution in [3.63, 3.8) is 0 Å². The number of carbonyl (C=O) groups excluding carboxylic acids is 3. The highest BCUT2D eigenvalue weighted by Gasteiger charge is 2.12. The van der Waals surface area contributed by atoms with Crippen molar-refractivity contribution in [1.29, 1.82) is 0 Å². The fourth-order valence-electron chi connectivity index (χ4n) is 1.92. The third-order valence-electron chi connectivity index (χ3n) is 3.06. The maximum Gasteiger partial charge on any atom is 0.338 e. The molecule has 0 atom stereocenters. The molecule has 2 amide bonds. The van der Waals surface area contributed by atoms with Gasteiger partial charge in [-0.05, 0) is 42.5 Å². The van der Waals surface area contributed by atoms with Crippen LogP contribution in [0.2, 0.25) is 5.02 Å². The van der Waals surface area contributed by atoms with Crippen LogP contribution in [-0.2, 0) is 14.3 Å². The molecule has 2 aromatic carbocycles. The SMILES string of the molecule is CC(=O)Nc1ccc(NC(=O)COC(=O)c2ccc(Cl)c(N)c2)cc1. The minimum absolute atomic E-state index is 0.188. The van der Waals surface area contributed by atoms with Gasteiger partial charge in [-0.15, -0.1) is 0 Å². The summed E-state index contributed by atoms with van der Waals surface area (Å²) >= 11 is 5.78. The Labute approximate surface area is 149 Å². The number of nitrogens with two attached hydrogens (primary N) is 1. The third-order valence-corrected chi connectivity index (χ3v) is 3.40. The van der Waals surface area contributed by atoms with Crippen LogP contribution in [0.25, 0.3) is 0 Å². The van der Waals surface area contributed by atoms with Gasteiger partial charge in [0, 0.05) is 18.3 Å². The second-order valence-corrected chi connectivity index (χ2v) is 5.53. The standard InChI is InChI=1S/C17H16ClN3O4/c1-10(22)20-12-3-5-13(6-4-12)21-16(23)9-25-17(24)11-2-7-14(18)15(19)8-11/h2-8H,9,19H2,1H3,(H,20,22)(H,21,23). The normalized spacial score (nSPS) is 10.0. The van der Waals surface area contributed by atoms with Crippen molar-refractivity contribution in [1.82, 2.24) is 0 Å². The van der Waals surface area contributed by atoms with Crippen molar-refractivity contribution in [3.05, 3.63) is 53.1 Å². The van der Waals surface area contributed by atoms with Crippen LogP contribution in [0.15, 0.2) is 42.5 Å². The largest absolute Gasteiger partial charge is 0.452 e. The van der Waals surface area contributed by atoms with E-state index >= 15 is 0 Å². The Morgan fingerprint density at radius 3 is 2.20 bits per heavy atom. The van der Waals surface area contributed by atoms with Gasteiger partial charge in [0.25, 0.3) is 5.91 Å². The number of rotatable bonds is 5. The lowest BCUT2D eigenvalue weighted by atomic mass is 10.2. The lowest BCUT2D eigenvalue weighted by Gasteiger charge is -2.08. The molecule has 0 aromatic heterocycles. The van der Waals surface area contributed by atoms with Gasteiger partial charge >= 0.3 is 5.97 Å². The van der Waals surface area contributed by atoms with Crippen molar-refractivity contribution in [2.75, 3.05) is 23.0 Å². The van der Waals surface area contributed by atoms with Crippen LogP contribution >= 0.6 is 11.6 Å². The molecule has 0 aliphatic rings. The zero-order chi connectivity index (χ0) is 18.4. The van der Waals surface area contributed by atoms with Crippen molar-refractivity contribution in [2.24, 2.45) is 0 Å². The van der Waals surface area contributed by atoms with Gasteiger partial charge < -0.3 is 21.1 Å². The number of esters is 1. The first-order valence-electron chi connectivity index (χ1n) is 7.25. The summed E-state index contributed by atoms with van der Waals surface area (Å²) < 4.78 is 4.93. The van der Waals surface area contributed by atoms with Crippen LogP contribution in [0, 0.1) is 0 Å². The molecular formula is C17H16ClN3O4. The minimum Gasteiger partial charge on any atom is -0.452 e. The van der Waals surface area contributed by atoms with Crippen molar-refractivity contribution >= 4 is 46.4 Å². The summed E-state index contributed by atoms with van der Waals surface area (Å²) in [6, 6.07) is 10.8. The monoisotopic (exact) mass is 361 g/mol. The van der Waals surface area contributed by atoms with Crippen LogP contribution in [0.4, 0.5) is 17.1 Å². The molecule has 4 N–H and O–H groups in total. The Morgan fingerprint density at radius 2 is 1.64 bits per heavy atom. The van der Waals surface area contributed by atoms with Crippen LogP contribution in [-0.4, -0.2) is 24.4 Å². The van der Waals surface area contributed by atoms with Gasteiger partial charge in [-0.3, -0.25) is 9.59 Å². The van der Waals surface area contributed by atoms with Crippen LogP contribution in [0.3, 0.4) is 0 Å². The average Bonchev–Trinajstić information content (AvgIpc) is 2.56. The molecule has 0 aliphatic carbocycles. The third kappa shape index (κ3) is 5.50. The average molecular weight is 362 g/mol. The highest BCUT2D eigenvalue weighted by atomic mass is 35.5. The molecular weight excluding hydrogens is 346 g/mol. The number of anilines is 3. The van der Waals surface area contributed by atoms with Crippen LogP contribution < -0.4 is 16.4 Å². The maximum absolute atomic E-state index is 11.9. The number of nitrogens with one attached hydrogen (secondary N) is 2. The molecule has 2 rings (SSSR count). The van der Waals surface area contributed by atoms with E-state index in [1.807, 2.05) is 0 Å². The summed E-state index contributed by atoms with van der Waals surface area (Å²) in [5.74, 6) is -1.37. The first-order valence-corrected chi connectivity index (χ1v) is 7.62. The van der Waals surface area contributed by atoms with E-state index in [0.29, 0.717) is 16.4 Å². The number of hydrogen-bond donors (Lipinski definition) is 3. The van der Waals surface area contributed by atoms with Crippen molar-refractivity contribution in [2.45, 2.75) is 6.92 Å². The number of amides is 2. The zero-order valence-electron chi connectivity index (χ0n) is 13.3. The highest BCUT2D eigenvalue weighted by Crippen LogP contribution is 2.20. The lowest BCUT2D eigenvalue weighted by Crippen LogP contribution is -2.21. The molecule has 0 bridgehead atoms. The number of halogens is 1. The summed E-state index contributed by atoms with van der Waals surface area (Å²) in [6.07, 6.45) is 0. The summed E-state index contributed by atoms with van der Waals surface area (Å²) in [6.45, 7) is 0.952. The molecule has 0 radical (unpaired) electrons. The molecule has 0 unspecified atom stereocenters. The summed E-state index contributed by atoms with van der Waals surface area (Å²) in [4.78, 5) is 34.6. The van der Waals surface area contributed by atoms with Crippen LogP contribution in [0.5, 0.6) is 0 Å². The maximum atomic E-state index is 11.9. The number of nitrogen functional groups attached to an aromatic ring is 1. The van der Waals surface area contributed by atoms with E-state index in [2.05, 4.69) is 10.6 Å². The van der Waals surface area contributed by atoms with E-state index in [4.69, 9.17) is 22.1 Å². The van der Waals surface area contributed by atoms with Crippen LogP contribution in [0.1, 0.15) is 17.3 Å². The van der Waals surface area contributed by atoms with Gasteiger partial charge in [-0.1, -0.05) is 11.6 Å². The van der Waals surface area contributed by atoms with Gasteiger partial charge in [-0.2, -0.15) is 0 Å². The van der Waals surface area contributed by atoms with E-state index in [-0.39, 0.29) is 17.2 Å². The number of benzene rings is 2. The molecule has 25 heavy (non-hydrogen) atoms. The zero-order valence-corrected chi connectivity index (χ0v) is 14.1. The number of hydrogen-bond acceptors (Lipinski definition) is 5. The number of carbonyl (C=O) groups is 3. The van der Waals surface area contributed by atoms with Gasteiger partial charge in [0.2, 0.25) is 5.91 Å². The molecule has 7 nitrogen and oxygen atoms in total. The second kappa shape index (κ2) is 8.16. The summed E-state index contributed by atoms with van der Waals surface area (Å²) in [5.41, 5.74) is 7.18. The first-order chi connectivity index (χ1) is 11.8. The topological polar surface area (TPSA) is 111 Å². The van der Waals surface area contributed by atoms with Crippen molar-refractivity contribution in [3.8, 4) is 0 Å².